The summed E-state index contributed by atoms with van der Waals surface area (Å²) in [6.07, 6.45) is 3.73. The molecule has 1 saturated heterocycles. The topological polar surface area (TPSA) is 78.4 Å². The molecule has 0 radical (unpaired) electrons. The maximum atomic E-state index is 11.2. The van der Waals surface area contributed by atoms with E-state index >= 15 is 0 Å². The van der Waals surface area contributed by atoms with Crippen LogP contribution in [0.4, 0.5) is 0 Å². The van der Waals surface area contributed by atoms with Crippen LogP contribution in [0.5, 0.6) is 0 Å². The van der Waals surface area contributed by atoms with E-state index in [-0.39, 0.29) is 0 Å². The molecule has 6 nitrogen and oxygen atoms in total. The highest BCUT2D eigenvalue weighted by Crippen LogP contribution is 2.37. The first-order valence-electron chi connectivity index (χ1n) is 6.74. The second-order valence-corrected chi connectivity index (χ2v) is 6.28. The van der Waals surface area contributed by atoms with E-state index in [1.54, 1.807) is 11.3 Å². The highest BCUT2D eigenvalue weighted by molar-refractivity contribution is 7.11. The second-order valence-electron chi connectivity index (χ2n) is 5.19. The predicted octanol–water partition coefficient (Wildman–Crippen LogP) is 0.664. The van der Waals surface area contributed by atoms with Crippen LogP contribution in [-0.2, 0) is 11.3 Å². The van der Waals surface area contributed by atoms with Crippen LogP contribution >= 0.6 is 11.3 Å². The normalized spacial score (nSPS) is 25.2. The Morgan fingerprint density at radius 3 is 3.00 bits per heavy atom. The number of aromatic nitrogens is 2. The molecule has 1 saturated carbocycles. The summed E-state index contributed by atoms with van der Waals surface area (Å²) in [6, 6.07) is -0.454. The molecule has 7 heteroatoms. The van der Waals surface area contributed by atoms with Gasteiger partial charge >= 0.3 is 5.97 Å². The number of carbonyl (C=O) groups is 1. The fourth-order valence-electron chi connectivity index (χ4n) is 2.50. The third kappa shape index (κ3) is 2.77. The van der Waals surface area contributed by atoms with Gasteiger partial charge in [0, 0.05) is 25.6 Å². The van der Waals surface area contributed by atoms with Crippen molar-refractivity contribution in [1.29, 1.82) is 0 Å². The lowest BCUT2D eigenvalue weighted by Gasteiger charge is -2.32. The lowest BCUT2D eigenvalue weighted by molar-refractivity contribution is -0.144. The van der Waals surface area contributed by atoms with E-state index in [2.05, 4.69) is 15.5 Å². The van der Waals surface area contributed by atoms with Gasteiger partial charge in [0.25, 0.3) is 0 Å². The Balaban J connectivity index is 1.65. The number of aliphatic carboxylic acids is 1. The first-order valence-corrected chi connectivity index (χ1v) is 7.55. The Bertz CT molecular complexity index is 460. The van der Waals surface area contributed by atoms with Gasteiger partial charge in [-0.15, -0.1) is 10.2 Å². The summed E-state index contributed by atoms with van der Waals surface area (Å²) in [6.45, 7) is 2.68. The highest BCUT2D eigenvalue weighted by Gasteiger charge is 2.30. The largest absolute Gasteiger partial charge is 0.480 e. The Kier molecular flexibility index (Phi) is 3.76. The van der Waals surface area contributed by atoms with E-state index in [9.17, 15) is 9.90 Å². The van der Waals surface area contributed by atoms with Crippen molar-refractivity contribution >= 4 is 17.3 Å². The SMILES string of the molecule is O=C(O)C1CNCCN1Cc1nnc(C2CCC2)s1. The van der Waals surface area contributed by atoms with Gasteiger partial charge in [0.2, 0.25) is 0 Å². The minimum atomic E-state index is -0.768. The lowest BCUT2D eigenvalue weighted by Crippen LogP contribution is -2.54. The molecule has 1 aliphatic carbocycles. The maximum Gasteiger partial charge on any atom is 0.322 e. The number of nitrogens with zero attached hydrogens (tertiary/aromatic N) is 3. The van der Waals surface area contributed by atoms with Crippen LogP contribution in [0.2, 0.25) is 0 Å². The summed E-state index contributed by atoms with van der Waals surface area (Å²) in [5.41, 5.74) is 0. The minimum absolute atomic E-state index is 0.454. The van der Waals surface area contributed by atoms with E-state index in [4.69, 9.17) is 0 Å². The molecule has 2 aliphatic rings. The van der Waals surface area contributed by atoms with Crippen molar-refractivity contribution in [2.24, 2.45) is 0 Å². The predicted molar refractivity (Wildman–Crippen MR) is 71.2 cm³/mol. The van der Waals surface area contributed by atoms with E-state index in [1.807, 2.05) is 4.90 Å². The molecule has 1 unspecified atom stereocenters. The summed E-state index contributed by atoms with van der Waals surface area (Å²) >= 11 is 1.65. The number of nitrogens with one attached hydrogen (secondary N) is 1. The fraction of sp³-hybridized carbons (Fsp3) is 0.750. The van der Waals surface area contributed by atoms with Gasteiger partial charge in [0.05, 0.1) is 6.54 Å². The Morgan fingerprint density at radius 1 is 1.47 bits per heavy atom. The van der Waals surface area contributed by atoms with Crippen molar-refractivity contribution in [1.82, 2.24) is 20.4 Å². The summed E-state index contributed by atoms with van der Waals surface area (Å²) < 4.78 is 0. The van der Waals surface area contributed by atoms with Crippen molar-refractivity contribution in [3.63, 3.8) is 0 Å². The van der Waals surface area contributed by atoms with Gasteiger partial charge in [-0.2, -0.15) is 0 Å². The molecule has 1 aliphatic heterocycles. The highest BCUT2D eigenvalue weighted by atomic mass is 32.1. The van der Waals surface area contributed by atoms with Crippen LogP contribution in [0.15, 0.2) is 0 Å². The van der Waals surface area contributed by atoms with Gasteiger partial charge in [-0.25, -0.2) is 0 Å². The van der Waals surface area contributed by atoms with Crippen molar-refractivity contribution in [3.05, 3.63) is 10.0 Å². The van der Waals surface area contributed by atoms with E-state index in [0.29, 0.717) is 19.0 Å². The van der Waals surface area contributed by atoms with Gasteiger partial charge in [0.1, 0.15) is 16.1 Å². The first kappa shape index (κ1) is 13.0. The number of carboxylic acid groups (broad SMARTS) is 1. The van der Waals surface area contributed by atoms with Gasteiger partial charge in [-0.1, -0.05) is 17.8 Å². The van der Waals surface area contributed by atoms with Crippen molar-refractivity contribution in [2.45, 2.75) is 37.8 Å². The monoisotopic (exact) mass is 282 g/mol. The average Bonchev–Trinajstić information content (AvgIpc) is 2.75. The zero-order valence-electron chi connectivity index (χ0n) is 10.7. The lowest BCUT2D eigenvalue weighted by atomic mass is 9.86. The molecule has 2 N–H and O–H groups in total. The number of hydrogen-bond acceptors (Lipinski definition) is 6. The molecule has 0 aromatic carbocycles. The molecule has 2 fully saturated rings. The first-order chi connectivity index (χ1) is 9.24. The molecule has 104 valence electrons. The summed E-state index contributed by atoms with van der Waals surface area (Å²) in [7, 11) is 0. The zero-order valence-corrected chi connectivity index (χ0v) is 11.5. The molecule has 1 atom stereocenters. The zero-order chi connectivity index (χ0) is 13.2. The maximum absolute atomic E-state index is 11.2. The van der Waals surface area contributed by atoms with Crippen LogP contribution in [0.25, 0.3) is 0 Å². The third-order valence-electron chi connectivity index (χ3n) is 3.91. The number of rotatable bonds is 4. The van der Waals surface area contributed by atoms with Crippen molar-refractivity contribution < 1.29 is 9.90 Å². The Hall–Kier alpha value is -1.05. The molecule has 19 heavy (non-hydrogen) atoms. The molecule has 0 amide bonds. The van der Waals surface area contributed by atoms with Gasteiger partial charge < -0.3 is 10.4 Å². The molecule has 0 spiro atoms. The number of hydrogen-bond donors (Lipinski definition) is 2. The van der Waals surface area contributed by atoms with Crippen LogP contribution in [0.3, 0.4) is 0 Å². The van der Waals surface area contributed by atoms with Crippen LogP contribution < -0.4 is 5.32 Å². The third-order valence-corrected chi connectivity index (χ3v) is 4.99. The molecular formula is C12H18N4O2S. The average molecular weight is 282 g/mol. The van der Waals surface area contributed by atoms with E-state index in [0.717, 1.165) is 23.1 Å². The molecule has 1 aromatic rings. The molecular weight excluding hydrogens is 264 g/mol. The van der Waals surface area contributed by atoms with Crippen LogP contribution in [0.1, 0.15) is 35.2 Å². The molecule has 1 aromatic heterocycles. The van der Waals surface area contributed by atoms with E-state index in [1.165, 1.54) is 19.3 Å². The number of piperazine rings is 1. The molecule has 0 bridgehead atoms. The van der Waals surface area contributed by atoms with Crippen LogP contribution in [0, 0.1) is 0 Å². The molecule has 3 rings (SSSR count). The standard InChI is InChI=1S/C12H18N4O2S/c17-12(18)9-6-13-4-5-16(9)7-10-14-15-11(19-10)8-2-1-3-8/h8-9,13H,1-7H2,(H,17,18). The molecule has 2 heterocycles. The quantitative estimate of drug-likeness (QED) is 0.845. The van der Waals surface area contributed by atoms with Crippen LogP contribution in [-0.4, -0.2) is 51.8 Å². The van der Waals surface area contributed by atoms with Crippen molar-refractivity contribution in [3.8, 4) is 0 Å². The second kappa shape index (κ2) is 5.52. The van der Waals surface area contributed by atoms with Crippen molar-refractivity contribution in [2.75, 3.05) is 19.6 Å². The minimum Gasteiger partial charge on any atom is -0.480 e. The van der Waals surface area contributed by atoms with Gasteiger partial charge in [0.15, 0.2) is 0 Å². The van der Waals surface area contributed by atoms with Gasteiger partial charge in [-0.3, -0.25) is 9.69 Å². The van der Waals surface area contributed by atoms with E-state index < -0.39 is 12.0 Å². The van der Waals surface area contributed by atoms with Gasteiger partial charge in [-0.05, 0) is 12.8 Å². The fourth-order valence-corrected chi connectivity index (χ4v) is 3.54. The summed E-state index contributed by atoms with van der Waals surface area (Å²) in [4.78, 5) is 13.2. The summed E-state index contributed by atoms with van der Waals surface area (Å²) in [5.74, 6) is -0.166. The smallest absolute Gasteiger partial charge is 0.322 e. The summed E-state index contributed by atoms with van der Waals surface area (Å²) in [5, 5.41) is 22.9. The Morgan fingerprint density at radius 2 is 2.32 bits per heavy atom. The number of carboxylic acids is 1. The Labute approximate surface area is 115 Å².